The van der Waals surface area contributed by atoms with Gasteiger partial charge in [-0.15, -0.1) is 4.99 Å². The molecular formula is C27H42N4O13. The molecule has 1 heterocycles. The Bertz CT molecular complexity index is 1170. The molecule has 0 aromatic heterocycles. The van der Waals surface area contributed by atoms with E-state index in [4.69, 9.17) is 39.9 Å². The van der Waals surface area contributed by atoms with Gasteiger partial charge in [0, 0.05) is 33.3 Å². The fourth-order valence-corrected chi connectivity index (χ4v) is 4.13. The van der Waals surface area contributed by atoms with E-state index in [0.717, 1.165) is 27.0 Å². The molecule has 0 saturated heterocycles. The Labute approximate surface area is 254 Å². The molecule has 0 radical (unpaired) electrons. The standard InChI is InChI=1S/C27H42N4O13/c1-13(32)40-12-18(41-14(2)33)21(39-9)20-15(10-19(28)34)16(11-17(42-20)22(35)36)31(25(38)44-27(6,7)8)23(29)30-24(37)43-26(3,4)5/h11,15-16,18,20-21H,10,12H2,1-9H3,(H2,28,34)(H,35,36)(H2,29,30,37)/t15-,16-,18+,20-,21+/m1/s1. The van der Waals surface area contributed by atoms with E-state index in [1.54, 1.807) is 20.8 Å². The third kappa shape index (κ3) is 12.1. The van der Waals surface area contributed by atoms with Crippen LogP contribution in [0.4, 0.5) is 9.59 Å². The van der Waals surface area contributed by atoms with Crippen LogP contribution in [0.5, 0.6) is 0 Å². The molecule has 44 heavy (non-hydrogen) atoms. The van der Waals surface area contributed by atoms with Crippen molar-refractivity contribution in [3.8, 4) is 0 Å². The monoisotopic (exact) mass is 630 g/mol. The second-order valence-electron chi connectivity index (χ2n) is 11.7. The highest BCUT2D eigenvalue weighted by molar-refractivity contribution is 5.99. The molecule has 0 bridgehead atoms. The summed E-state index contributed by atoms with van der Waals surface area (Å²) in [6.45, 7) is 10.9. The fraction of sp³-hybridized carbons (Fsp3) is 0.667. The predicted molar refractivity (Wildman–Crippen MR) is 151 cm³/mol. The maximum Gasteiger partial charge on any atom is 0.437 e. The molecule has 17 heteroatoms. The third-order valence-electron chi connectivity index (χ3n) is 5.56. The van der Waals surface area contributed by atoms with Crippen molar-refractivity contribution in [2.24, 2.45) is 22.4 Å². The van der Waals surface area contributed by atoms with Crippen molar-refractivity contribution in [2.75, 3.05) is 13.7 Å². The van der Waals surface area contributed by atoms with Gasteiger partial charge in [-0.3, -0.25) is 14.4 Å². The van der Waals surface area contributed by atoms with E-state index in [9.17, 15) is 33.9 Å². The van der Waals surface area contributed by atoms with E-state index >= 15 is 0 Å². The Morgan fingerprint density at radius 2 is 1.57 bits per heavy atom. The van der Waals surface area contributed by atoms with Crippen LogP contribution in [0, 0.1) is 5.92 Å². The number of hydrogen-bond acceptors (Lipinski definition) is 12. The predicted octanol–water partition coefficient (Wildman–Crippen LogP) is 1.21. The molecule has 0 aromatic rings. The minimum Gasteiger partial charge on any atom is -0.480 e. The first-order chi connectivity index (χ1) is 20.1. The maximum absolute atomic E-state index is 13.6. The van der Waals surface area contributed by atoms with E-state index in [0.29, 0.717) is 4.90 Å². The zero-order valence-corrected chi connectivity index (χ0v) is 26.3. The van der Waals surface area contributed by atoms with Gasteiger partial charge in [-0.05, 0) is 47.6 Å². The number of amides is 3. The lowest BCUT2D eigenvalue weighted by molar-refractivity contribution is -0.181. The van der Waals surface area contributed by atoms with Crippen molar-refractivity contribution >= 4 is 42.0 Å². The van der Waals surface area contributed by atoms with Crippen molar-refractivity contribution < 1.29 is 62.3 Å². The summed E-state index contributed by atoms with van der Waals surface area (Å²) in [4.78, 5) is 78.5. The van der Waals surface area contributed by atoms with Crippen LogP contribution in [0.25, 0.3) is 0 Å². The van der Waals surface area contributed by atoms with Crippen molar-refractivity contribution in [3.63, 3.8) is 0 Å². The number of carbonyl (C=O) groups is 6. The van der Waals surface area contributed by atoms with Crippen molar-refractivity contribution in [1.82, 2.24) is 4.90 Å². The SMILES string of the molecule is CO[C@H]([C@@H]1OC(C(=O)O)=C[C@@H](N(C(=O)OC(C)(C)C)C(N)=NC(=O)OC(C)(C)C)[C@H]1CC(N)=O)[C@H](COC(C)=O)OC(C)=O. The quantitative estimate of drug-likeness (QED) is 0.133. The lowest BCUT2D eigenvalue weighted by Gasteiger charge is -2.44. The molecule has 5 N–H and O–H groups in total. The van der Waals surface area contributed by atoms with Gasteiger partial charge in [0.15, 0.2) is 6.10 Å². The maximum atomic E-state index is 13.6. The van der Waals surface area contributed by atoms with Crippen LogP contribution in [0.1, 0.15) is 61.8 Å². The number of guanidine groups is 1. The summed E-state index contributed by atoms with van der Waals surface area (Å²) in [5.74, 6) is -6.90. The Morgan fingerprint density at radius 3 is 2.00 bits per heavy atom. The average molecular weight is 631 g/mol. The second-order valence-corrected chi connectivity index (χ2v) is 11.7. The Hall–Kier alpha value is -4.41. The smallest absolute Gasteiger partial charge is 0.437 e. The van der Waals surface area contributed by atoms with Crippen LogP contribution < -0.4 is 11.5 Å². The van der Waals surface area contributed by atoms with Gasteiger partial charge < -0.3 is 45.0 Å². The number of primary amides is 1. The highest BCUT2D eigenvalue weighted by atomic mass is 16.6. The van der Waals surface area contributed by atoms with Crippen LogP contribution >= 0.6 is 0 Å². The molecule has 248 valence electrons. The molecule has 0 spiro atoms. The van der Waals surface area contributed by atoms with E-state index in [2.05, 4.69) is 4.99 Å². The highest BCUT2D eigenvalue weighted by Gasteiger charge is 2.50. The molecule has 1 aliphatic rings. The molecule has 5 atom stereocenters. The number of methoxy groups -OCH3 is 1. The van der Waals surface area contributed by atoms with Gasteiger partial charge in [-0.1, -0.05) is 0 Å². The summed E-state index contributed by atoms with van der Waals surface area (Å²) in [5.41, 5.74) is 9.58. The van der Waals surface area contributed by atoms with Gasteiger partial charge in [-0.2, -0.15) is 0 Å². The summed E-state index contributed by atoms with van der Waals surface area (Å²) in [7, 11) is 1.16. The molecule has 0 aliphatic carbocycles. The number of hydrogen-bond donors (Lipinski definition) is 3. The molecule has 0 unspecified atom stereocenters. The van der Waals surface area contributed by atoms with Crippen LogP contribution in [0.2, 0.25) is 0 Å². The molecule has 1 rings (SSSR count). The lowest BCUT2D eigenvalue weighted by atomic mass is 9.82. The van der Waals surface area contributed by atoms with Gasteiger partial charge >= 0.3 is 30.1 Å². The first-order valence-corrected chi connectivity index (χ1v) is 13.4. The van der Waals surface area contributed by atoms with E-state index in [1.165, 1.54) is 20.8 Å². The van der Waals surface area contributed by atoms with E-state index in [-0.39, 0.29) is 0 Å². The molecule has 17 nitrogen and oxygen atoms in total. The zero-order valence-electron chi connectivity index (χ0n) is 26.3. The first-order valence-electron chi connectivity index (χ1n) is 13.4. The normalized spacial score (nSPS) is 20.2. The molecule has 0 fully saturated rings. The largest absolute Gasteiger partial charge is 0.480 e. The van der Waals surface area contributed by atoms with Gasteiger partial charge in [0.2, 0.25) is 17.6 Å². The summed E-state index contributed by atoms with van der Waals surface area (Å²) < 4.78 is 32.2. The average Bonchev–Trinajstić information content (AvgIpc) is 2.81. The van der Waals surface area contributed by atoms with Gasteiger partial charge in [-0.25, -0.2) is 19.3 Å². The number of carbonyl (C=O) groups excluding carboxylic acids is 5. The zero-order chi connectivity index (χ0) is 34.2. The van der Waals surface area contributed by atoms with E-state index in [1.807, 2.05) is 0 Å². The minimum absolute atomic E-state index is 0.550. The topological polar surface area (TPSA) is 246 Å². The van der Waals surface area contributed by atoms with Gasteiger partial charge in [0.1, 0.15) is 30.0 Å². The number of carboxylic acid groups (broad SMARTS) is 1. The summed E-state index contributed by atoms with van der Waals surface area (Å²) in [5, 5.41) is 9.92. The summed E-state index contributed by atoms with van der Waals surface area (Å²) in [6.07, 6.45) is -6.34. The fourth-order valence-electron chi connectivity index (χ4n) is 4.13. The van der Waals surface area contributed by atoms with Crippen LogP contribution in [0.3, 0.4) is 0 Å². The van der Waals surface area contributed by atoms with Crippen molar-refractivity contribution in [3.05, 3.63) is 11.8 Å². The van der Waals surface area contributed by atoms with Crippen LogP contribution in [0.15, 0.2) is 16.8 Å². The number of nitrogens with two attached hydrogens (primary N) is 2. The summed E-state index contributed by atoms with van der Waals surface area (Å²) in [6, 6.07) is -1.53. The van der Waals surface area contributed by atoms with Gasteiger partial charge in [0.05, 0.1) is 6.04 Å². The van der Waals surface area contributed by atoms with E-state index < -0.39 is 102 Å². The molecular weight excluding hydrogens is 588 g/mol. The number of aliphatic imine (C=N–C) groups is 1. The van der Waals surface area contributed by atoms with Gasteiger partial charge in [0.25, 0.3) is 0 Å². The molecule has 0 saturated carbocycles. The number of nitrogens with zero attached hydrogens (tertiary/aromatic N) is 2. The van der Waals surface area contributed by atoms with Crippen LogP contribution in [-0.4, -0.2) is 101 Å². The molecule has 1 aliphatic heterocycles. The van der Waals surface area contributed by atoms with Crippen LogP contribution in [-0.2, 0) is 47.6 Å². The number of carboxylic acids is 1. The summed E-state index contributed by atoms with van der Waals surface area (Å²) >= 11 is 0. The minimum atomic E-state index is -1.61. The first kappa shape index (κ1) is 37.6. The lowest BCUT2D eigenvalue weighted by Crippen LogP contribution is -2.60. The Morgan fingerprint density at radius 1 is 1.00 bits per heavy atom. The van der Waals surface area contributed by atoms with Crippen molar-refractivity contribution in [2.45, 2.75) is 97.4 Å². The number of esters is 2. The second kappa shape index (κ2) is 15.4. The highest BCUT2D eigenvalue weighted by Crippen LogP contribution is 2.35. The molecule has 0 aromatic carbocycles. The van der Waals surface area contributed by atoms with Crippen molar-refractivity contribution in [1.29, 1.82) is 0 Å². The Kier molecular flexibility index (Phi) is 13.1. The Balaban J connectivity index is 3.95. The number of ether oxygens (including phenoxy) is 6. The number of rotatable bonds is 10. The third-order valence-corrected chi connectivity index (χ3v) is 5.56. The molecule has 3 amide bonds. The number of aliphatic carboxylic acids is 1.